The van der Waals surface area contributed by atoms with E-state index in [4.69, 9.17) is 17.3 Å². The van der Waals surface area contributed by atoms with Crippen molar-refractivity contribution in [2.75, 3.05) is 0 Å². The summed E-state index contributed by atoms with van der Waals surface area (Å²) >= 11 is 6.19. The van der Waals surface area contributed by atoms with E-state index in [2.05, 4.69) is 32.9 Å². The quantitative estimate of drug-likeness (QED) is 0.827. The van der Waals surface area contributed by atoms with Crippen LogP contribution in [0.2, 0.25) is 5.02 Å². The summed E-state index contributed by atoms with van der Waals surface area (Å²) in [5, 5.41) is 0.847. The fourth-order valence-corrected chi connectivity index (χ4v) is 2.18. The molecule has 0 saturated heterocycles. The summed E-state index contributed by atoms with van der Waals surface area (Å²) in [6.07, 6.45) is 3.14. The molecule has 0 radical (unpaired) electrons. The van der Waals surface area contributed by atoms with Gasteiger partial charge in [0.05, 0.1) is 0 Å². The molecule has 0 bridgehead atoms. The summed E-state index contributed by atoms with van der Waals surface area (Å²) in [5.41, 5.74) is 8.50. The second-order valence-corrected chi connectivity index (χ2v) is 5.22. The minimum absolute atomic E-state index is 0.218. The molecule has 0 aliphatic rings. The van der Waals surface area contributed by atoms with Gasteiger partial charge < -0.3 is 5.73 Å². The fourth-order valence-electron chi connectivity index (χ4n) is 1.87. The molecule has 0 fully saturated rings. The third-order valence-electron chi connectivity index (χ3n) is 3.09. The van der Waals surface area contributed by atoms with Crippen molar-refractivity contribution in [3.63, 3.8) is 0 Å². The average Bonchev–Trinajstić information content (AvgIpc) is 2.22. The van der Waals surface area contributed by atoms with Gasteiger partial charge in [-0.25, -0.2) is 0 Å². The maximum Gasteiger partial charge on any atom is 0.0441 e. The van der Waals surface area contributed by atoms with Gasteiger partial charge in [-0.2, -0.15) is 0 Å². The summed E-state index contributed by atoms with van der Waals surface area (Å²) in [4.78, 5) is 0. The highest BCUT2D eigenvalue weighted by atomic mass is 35.5. The van der Waals surface area contributed by atoms with Crippen molar-refractivity contribution in [1.29, 1.82) is 0 Å². The lowest BCUT2D eigenvalue weighted by molar-refractivity contribution is 0.450. The van der Waals surface area contributed by atoms with Crippen LogP contribution in [0.3, 0.4) is 0 Å². The van der Waals surface area contributed by atoms with Crippen molar-refractivity contribution in [3.05, 3.63) is 34.3 Å². The molecule has 1 nitrogen and oxygen atoms in total. The molecular formula is C14H22ClN. The molecule has 0 aromatic heterocycles. The molecule has 1 rings (SSSR count). The van der Waals surface area contributed by atoms with E-state index < -0.39 is 0 Å². The first-order valence-corrected chi connectivity index (χ1v) is 6.41. The van der Waals surface area contributed by atoms with E-state index in [1.165, 1.54) is 17.5 Å². The molecular weight excluding hydrogens is 218 g/mol. The van der Waals surface area contributed by atoms with Crippen molar-refractivity contribution in [1.82, 2.24) is 0 Å². The van der Waals surface area contributed by atoms with Crippen molar-refractivity contribution in [3.8, 4) is 0 Å². The summed E-state index contributed by atoms with van der Waals surface area (Å²) in [6.45, 7) is 6.50. The maximum atomic E-state index is 6.19. The third kappa shape index (κ3) is 4.15. The summed E-state index contributed by atoms with van der Waals surface area (Å²) in [5.74, 6) is 0.694. The monoisotopic (exact) mass is 239 g/mol. The molecule has 16 heavy (non-hydrogen) atoms. The van der Waals surface area contributed by atoms with Gasteiger partial charge in [-0.05, 0) is 42.9 Å². The van der Waals surface area contributed by atoms with Crippen LogP contribution in [-0.4, -0.2) is 6.04 Å². The van der Waals surface area contributed by atoms with E-state index in [9.17, 15) is 0 Å². The van der Waals surface area contributed by atoms with E-state index >= 15 is 0 Å². The van der Waals surface area contributed by atoms with E-state index in [0.29, 0.717) is 5.92 Å². The van der Waals surface area contributed by atoms with Crippen molar-refractivity contribution in [2.45, 2.75) is 46.1 Å². The third-order valence-corrected chi connectivity index (χ3v) is 3.44. The van der Waals surface area contributed by atoms with Crippen LogP contribution >= 0.6 is 11.6 Å². The molecule has 0 heterocycles. The average molecular weight is 240 g/mol. The Morgan fingerprint density at radius 3 is 2.62 bits per heavy atom. The van der Waals surface area contributed by atoms with Crippen LogP contribution in [0.4, 0.5) is 0 Å². The minimum atomic E-state index is 0.218. The van der Waals surface area contributed by atoms with Gasteiger partial charge in [0.1, 0.15) is 0 Å². The first-order valence-electron chi connectivity index (χ1n) is 6.03. The molecule has 2 heteroatoms. The minimum Gasteiger partial charge on any atom is -0.327 e. The number of nitrogens with two attached hydrogens (primary N) is 1. The number of benzene rings is 1. The van der Waals surface area contributed by atoms with Gasteiger partial charge in [0.2, 0.25) is 0 Å². The van der Waals surface area contributed by atoms with Gasteiger partial charge in [0, 0.05) is 11.1 Å². The first-order chi connectivity index (χ1) is 7.52. The van der Waals surface area contributed by atoms with Crippen LogP contribution < -0.4 is 5.73 Å². The van der Waals surface area contributed by atoms with Crippen LogP contribution in [0, 0.1) is 12.8 Å². The number of halogens is 1. The van der Waals surface area contributed by atoms with Gasteiger partial charge in [-0.15, -0.1) is 0 Å². The summed E-state index contributed by atoms with van der Waals surface area (Å²) in [6, 6.07) is 6.41. The zero-order valence-corrected chi connectivity index (χ0v) is 11.2. The van der Waals surface area contributed by atoms with E-state index in [1.54, 1.807) is 0 Å². The van der Waals surface area contributed by atoms with Crippen LogP contribution in [0.1, 0.15) is 37.8 Å². The van der Waals surface area contributed by atoms with Gasteiger partial charge in [-0.1, -0.05) is 44.0 Å². The van der Waals surface area contributed by atoms with Crippen molar-refractivity contribution >= 4 is 11.6 Å². The Bertz CT molecular complexity index is 336. The van der Waals surface area contributed by atoms with Crippen LogP contribution in [0.15, 0.2) is 18.2 Å². The van der Waals surface area contributed by atoms with Gasteiger partial charge >= 0.3 is 0 Å². The van der Waals surface area contributed by atoms with Gasteiger partial charge in [0.15, 0.2) is 0 Å². The lowest BCUT2D eigenvalue weighted by Crippen LogP contribution is -2.25. The SMILES string of the molecule is CCC(C)CC(N)Cc1ccc(C)cc1Cl. The zero-order valence-electron chi connectivity index (χ0n) is 10.5. The number of rotatable bonds is 5. The second-order valence-electron chi connectivity index (χ2n) is 4.81. The molecule has 1 aromatic rings. The van der Waals surface area contributed by atoms with Crippen molar-refractivity contribution < 1.29 is 0 Å². The Balaban J connectivity index is 2.59. The molecule has 0 aliphatic heterocycles. The molecule has 2 N–H and O–H groups in total. The molecule has 0 saturated carbocycles. The zero-order chi connectivity index (χ0) is 12.1. The highest BCUT2D eigenvalue weighted by Crippen LogP contribution is 2.20. The van der Waals surface area contributed by atoms with E-state index in [-0.39, 0.29) is 6.04 Å². The van der Waals surface area contributed by atoms with Crippen LogP contribution in [0.5, 0.6) is 0 Å². The Morgan fingerprint density at radius 1 is 1.38 bits per heavy atom. The predicted octanol–water partition coefficient (Wildman–Crippen LogP) is 3.95. The van der Waals surface area contributed by atoms with Crippen LogP contribution in [-0.2, 0) is 6.42 Å². The maximum absolute atomic E-state index is 6.19. The lowest BCUT2D eigenvalue weighted by Gasteiger charge is -2.16. The summed E-state index contributed by atoms with van der Waals surface area (Å²) in [7, 11) is 0. The highest BCUT2D eigenvalue weighted by molar-refractivity contribution is 6.31. The Hall–Kier alpha value is -0.530. The van der Waals surface area contributed by atoms with Gasteiger partial charge in [-0.3, -0.25) is 0 Å². The molecule has 1 aromatic carbocycles. The fraction of sp³-hybridized carbons (Fsp3) is 0.571. The van der Waals surface area contributed by atoms with E-state index in [0.717, 1.165) is 17.9 Å². The molecule has 0 aliphatic carbocycles. The molecule has 0 spiro atoms. The highest BCUT2D eigenvalue weighted by Gasteiger charge is 2.10. The molecule has 2 unspecified atom stereocenters. The number of aryl methyl sites for hydroxylation is 1. The predicted molar refractivity (Wildman–Crippen MR) is 71.9 cm³/mol. The molecule has 0 amide bonds. The Labute approximate surface area is 104 Å². The Kier molecular flexibility index (Phi) is 5.30. The van der Waals surface area contributed by atoms with E-state index in [1.807, 2.05) is 6.07 Å². The molecule has 90 valence electrons. The largest absolute Gasteiger partial charge is 0.327 e. The standard InChI is InChI=1S/C14H22ClN/c1-4-10(2)7-13(16)9-12-6-5-11(3)8-14(12)15/h5-6,8,10,13H,4,7,9,16H2,1-3H3. The first kappa shape index (κ1) is 13.5. The van der Waals surface area contributed by atoms with Crippen molar-refractivity contribution in [2.24, 2.45) is 11.7 Å². The normalized spacial score (nSPS) is 14.8. The van der Waals surface area contributed by atoms with Gasteiger partial charge in [0.25, 0.3) is 0 Å². The summed E-state index contributed by atoms with van der Waals surface area (Å²) < 4.78 is 0. The molecule has 2 atom stereocenters. The topological polar surface area (TPSA) is 26.0 Å². The number of hydrogen-bond donors (Lipinski definition) is 1. The van der Waals surface area contributed by atoms with Crippen LogP contribution in [0.25, 0.3) is 0 Å². The lowest BCUT2D eigenvalue weighted by atomic mass is 9.95. The Morgan fingerprint density at radius 2 is 2.06 bits per heavy atom. The number of hydrogen-bond acceptors (Lipinski definition) is 1. The second kappa shape index (κ2) is 6.27. The smallest absolute Gasteiger partial charge is 0.0441 e.